The molecule has 0 aliphatic carbocycles. The lowest BCUT2D eigenvalue weighted by atomic mass is 10.0. The summed E-state index contributed by atoms with van der Waals surface area (Å²) in [4.78, 5) is 20.0. The first-order valence-corrected chi connectivity index (χ1v) is 6.12. The van der Waals surface area contributed by atoms with Gasteiger partial charge in [0.1, 0.15) is 0 Å². The molecule has 1 amide bonds. The number of methoxy groups -OCH3 is 2. The van der Waals surface area contributed by atoms with E-state index in [1.165, 1.54) is 20.3 Å². The van der Waals surface area contributed by atoms with Crippen LogP contribution < -0.4 is 20.5 Å². The zero-order chi connectivity index (χ0) is 14.3. The summed E-state index contributed by atoms with van der Waals surface area (Å²) in [5.74, 6) is 0.352. The van der Waals surface area contributed by atoms with Crippen LogP contribution in [0.5, 0.6) is 11.8 Å². The van der Waals surface area contributed by atoms with E-state index >= 15 is 0 Å². The van der Waals surface area contributed by atoms with E-state index in [1.807, 2.05) is 6.92 Å². The van der Waals surface area contributed by atoms with Crippen molar-refractivity contribution in [1.82, 2.24) is 9.97 Å². The predicted octanol–water partition coefficient (Wildman–Crippen LogP) is 0.807. The van der Waals surface area contributed by atoms with Crippen LogP contribution in [-0.2, 0) is 4.79 Å². The summed E-state index contributed by atoms with van der Waals surface area (Å²) in [6.45, 7) is 2.29. The van der Waals surface area contributed by atoms with E-state index in [9.17, 15) is 4.79 Å². The van der Waals surface area contributed by atoms with Gasteiger partial charge in [-0.15, -0.1) is 0 Å². The smallest absolute Gasteiger partial charge is 0.236 e. The number of carbonyl (C=O) groups is 1. The Morgan fingerprint density at radius 2 is 1.95 bits per heavy atom. The Kier molecular flexibility index (Phi) is 6.01. The van der Waals surface area contributed by atoms with Crippen molar-refractivity contribution in [3.63, 3.8) is 0 Å². The maximum Gasteiger partial charge on any atom is 0.236 e. The minimum Gasteiger partial charge on any atom is -0.481 e. The van der Waals surface area contributed by atoms with Gasteiger partial charge in [0, 0.05) is 6.54 Å². The molecule has 7 heteroatoms. The van der Waals surface area contributed by atoms with Gasteiger partial charge >= 0.3 is 0 Å². The number of amides is 1. The molecule has 1 aromatic heterocycles. The summed E-state index contributed by atoms with van der Waals surface area (Å²) in [5, 5.41) is 2.63. The van der Waals surface area contributed by atoms with Gasteiger partial charge in [0.2, 0.25) is 23.6 Å². The third-order valence-electron chi connectivity index (χ3n) is 2.62. The topological polar surface area (TPSA) is 99.4 Å². The molecule has 1 rings (SSSR count). The standard InChI is InChI=1S/C12H20N4O3/c1-4-5-8(7-13)11(17)16-12-14-9(18-2)6-10(15-12)19-3/h6,8H,4-5,7,13H2,1-3H3,(H,14,15,16,17). The molecule has 1 atom stereocenters. The average Bonchev–Trinajstić information content (AvgIpc) is 2.43. The van der Waals surface area contributed by atoms with Gasteiger partial charge in [0.25, 0.3) is 0 Å². The number of carbonyl (C=O) groups excluding carboxylic acids is 1. The first kappa shape index (κ1) is 15.2. The largest absolute Gasteiger partial charge is 0.481 e. The van der Waals surface area contributed by atoms with Crippen molar-refractivity contribution in [1.29, 1.82) is 0 Å². The highest BCUT2D eigenvalue weighted by Crippen LogP contribution is 2.18. The maximum atomic E-state index is 12.0. The van der Waals surface area contributed by atoms with Crippen LogP contribution in [-0.4, -0.2) is 36.6 Å². The molecule has 0 spiro atoms. The number of hydrogen-bond donors (Lipinski definition) is 2. The Balaban J connectivity index is 2.83. The number of nitrogens with two attached hydrogens (primary N) is 1. The molecule has 106 valence electrons. The molecule has 0 saturated carbocycles. The monoisotopic (exact) mass is 268 g/mol. The second-order valence-corrected chi connectivity index (χ2v) is 3.99. The van der Waals surface area contributed by atoms with Crippen molar-refractivity contribution >= 4 is 11.9 Å². The summed E-state index contributed by atoms with van der Waals surface area (Å²) in [6.07, 6.45) is 1.61. The second-order valence-electron chi connectivity index (χ2n) is 3.99. The summed E-state index contributed by atoms with van der Waals surface area (Å²) in [5.41, 5.74) is 5.57. The SMILES string of the molecule is CCCC(CN)C(=O)Nc1nc(OC)cc(OC)n1. The molecule has 0 aliphatic heterocycles. The number of rotatable bonds is 7. The van der Waals surface area contributed by atoms with Crippen molar-refractivity contribution in [3.05, 3.63) is 6.07 Å². The summed E-state index contributed by atoms with van der Waals surface area (Å²) in [7, 11) is 2.96. The first-order valence-electron chi connectivity index (χ1n) is 6.12. The van der Waals surface area contributed by atoms with Crippen molar-refractivity contribution < 1.29 is 14.3 Å². The fraction of sp³-hybridized carbons (Fsp3) is 0.583. The number of nitrogens with one attached hydrogen (secondary N) is 1. The third-order valence-corrected chi connectivity index (χ3v) is 2.62. The second kappa shape index (κ2) is 7.52. The van der Waals surface area contributed by atoms with Gasteiger partial charge in [0.05, 0.1) is 26.2 Å². The van der Waals surface area contributed by atoms with Crippen LogP contribution in [0.3, 0.4) is 0 Å². The fourth-order valence-corrected chi connectivity index (χ4v) is 1.59. The van der Waals surface area contributed by atoms with Gasteiger partial charge in [-0.25, -0.2) is 0 Å². The number of anilines is 1. The highest BCUT2D eigenvalue weighted by molar-refractivity contribution is 5.91. The molecule has 1 heterocycles. The Morgan fingerprint density at radius 1 is 1.37 bits per heavy atom. The van der Waals surface area contributed by atoms with Crippen LogP contribution in [0.15, 0.2) is 6.07 Å². The zero-order valence-electron chi connectivity index (χ0n) is 11.5. The molecular weight excluding hydrogens is 248 g/mol. The number of ether oxygens (including phenoxy) is 2. The molecule has 0 radical (unpaired) electrons. The first-order chi connectivity index (χ1) is 9.14. The molecule has 0 saturated heterocycles. The van der Waals surface area contributed by atoms with Gasteiger partial charge in [-0.3, -0.25) is 10.1 Å². The third kappa shape index (κ3) is 4.36. The minimum absolute atomic E-state index is 0.149. The van der Waals surface area contributed by atoms with Crippen molar-refractivity contribution in [3.8, 4) is 11.8 Å². The van der Waals surface area contributed by atoms with Gasteiger partial charge in [0.15, 0.2) is 0 Å². The van der Waals surface area contributed by atoms with Crippen molar-refractivity contribution in [2.75, 3.05) is 26.1 Å². The average molecular weight is 268 g/mol. The van der Waals surface area contributed by atoms with Crippen molar-refractivity contribution in [2.24, 2.45) is 11.7 Å². The molecular formula is C12H20N4O3. The number of aromatic nitrogens is 2. The normalized spacial score (nSPS) is 11.8. The van der Waals surface area contributed by atoms with E-state index in [-0.39, 0.29) is 17.8 Å². The summed E-state index contributed by atoms with van der Waals surface area (Å²) in [6, 6.07) is 1.53. The number of hydrogen-bond acceptors (Lipinski definition) is 6. The quantitative estimate of drug-likeness (QED) is 0.759. The molecule has 0 bridgehead atoms. The Hall–Kier alpha value is -1.89. The summed E-state index contributed by atoms with van der Waals surface area (Å²) >= 11 is 0. The van der Waals surface area contributed by atoms with Gasteiger partial charge in [-0.1, -0.05) is 13.3 Å². The molecule has 1 aromatic rings. The molecule has 0 aromatic carbocycles. The molecule has 7 nitrogen and oxygen atoms in total. The van der Waals surface area contributed by atoms with Crippen LogP contribution in [0, 0.1) is 5.92 Å². The van der Waals surface area contributed by atoms with E-state index in [1.54, 1.807) is 0 Å². The molecule has 1 unspecified atom stereocenters. The van der Waals surface area contributed by atoms with E-state index < -0.39 is 0 Å². The lowest BCUT2D eigenvalue weighted by Gasteiger charge is -2.13. The number of nitrogens with zero attached hydrogens (tertiary/aromatic N) is 2. The van der Waals surface area contributed by atoms with Crippen LogP contribution in [0.2, 0.25) is 0 Å². The highest BCUT2D eigenvalue weighted by atomic mass is 16.5. The van der Waals surface area contributed by atoms with E-state index in [0.717, 1.165) is 12.8 Å². The van der Waals surface area contributed by atoms with Gasteiger partial charge in [-0.05, 0) is 6.42 Å². The Morgan fingerprint density at radius 3 is 2.37 bits per heavy atom. The Bertz CT molecular complexity index is 403. The molecule has 0 aliphatic rings. The lowest BCUT2D eigenvalue weighted by Crippen LogP contribution is -2.29. The fourth-order valence-electron chi connectivity index (χ4n) is 1.59. The van der Waals surface area contributed by atoms with Gasteiger partial charge in [-0.2, -0.15) is 9.97 Å². The minimum atomic E-state index is -0.245. The van der Waals surface area contributed by atoms with Crippen LogP contribution in [0.25, 0.3) is 0 Å². The molecule has 3 N–H and O–H groups in total. The highest BCUT2D eigenvalue weighted by Gasteiger charge is 2.17. The van der Waals surface area contributed by atoms with E-state index in [2.05, 4.69) is 15.3 Å². The van der Waals surface area contributed by atoms with Crippen LogP contribution in [0.1, 0.15) is 19.8 Å². The van der Waals surface area contributed by atoms with E-state index in [0.29, 0.717) is 18.3 Å². The zero-order valence-corrected chi connectivity index (χ0v) is 11.5. The van der Waals surface area contributed by atoms with Crippen LogP contribution >= 0.6 is 0 Å². The molecule has 19 heavy (non-hydrogen) atoms. The van der Waals surface area contributed by atoms with Gasteiger partial charge < -0.3 is 15.2 Å². The van der Waals surface area contributed by atoms with Crippen LogP contribution in [0.4, 0.5) is 5.95 Å². The molecule has 0 fully saturated rings. The maximum absolute atomic E-state index is 12.0. The van der Waals surface area contributed by atoms with Crippen molar-refractivity contribution in [2.45, 2.75) is 19.8 Å². The Labute approximate surface area is 112 Å². The predicted molar refractivity (Wildman–Crippen MR) is 71.2 cm³/mol. The lowest BCUT2D eigenvalue weighted by molar-refractivity contribution is -0.119. The summed E-state index contributed by atoms with van der Waals surface area (Å²) < 4.78 is 10.0. The van der Waals surface area contributed by atoms with E-state index in [4.69, 9.17) is 15.2 Å².